The second kappa shape index (κ2) is 4.36. The lowest BCUT2D eigenvalue weighted by molar-refractivity contribution is 0.403. The second-order valence-corrected chi connectivity index (χ2v) is 4.74. The standard InChI is InChI=1S/C13H16N2S/c1-14(2)8-10-9-15(3)13(16)12-7-5-4-6-11(10)12/h4-7,9H,8H2,1-3H3. The van der Waals surface area contributed by atoms with E-state index in [1.54, 1.807) is 0 Å². The van der Waals surface area contributed by atoms with E-state index in [-0.39, 0.29) is 0 Å². The smallest absolute Gasteiger partial charge is 0.113 e. The largest absolute Gasteiger partial charge is 0.341 e. The lowest BCUT2D eigenvalue weighted by atomic mass is 10.1. The van der Waals surface area contributed by atoms with Gasteiger partial charge in [-0.1, -0.05) is 36.5 Å². The summed E-state index contributed by atoms with van der Waals surface area (Å²) >= 11 is 5.42. The van der Waals surface area contributed by atoms with Gasteiger partial charge in [0.05, 0.1) is 0 Å². The molecule has 0 aliphatic heterocycles. The summed E-state index contributed by atoms with van der Waals surface area (Å²) in [6.07, 6.45) is 2.13. The van der Waals surface area contributed by atoms with Crippen LogP contribution in [0.25, 0.3) is 10.8 Å². The normalized spacial score (nSPS) is 11.2. The summed E-state index contributed by atoms with van der Waals surface area (Å²) in [5.74, 6) is 0. The number of hydrogen-bond donors (Lipinski definition) is 0. The maximum Gasteiger partial charge on any atom is 0.113 e. The number of nitrogens with zero attached hydrogens (tertiary/aromatic N) is 2. The first kappa shape index (κ1) is 11.3. The fourth-order valence-electron chi connectivity index (χ4n) is 1.97. The molecule has 3 heteroatoms. The third-order valence-corrected chi connectivity index (χ3v) is 3.17. The van der Waals surface area contributed by atoms with E-state index in [1.165, 1.54) is 16.3 Å². The Morgan fingerprint density at radius 1 is 1.19 bits per heavy atom. The van der Waals surface area contributed by atoms with Gasteiger partial charge in [-0.3, -0.25) is 0 Å². The number of hydrogen-bond acceptors (Lipinski definition) is 2. The summed E-state index contributed by atoms with van der Waals surface area (Å²) in [7, 11) is 6.17. The van der Waals surface area contributed by atoms with Gasteiger partial charge in [-0.2, -0.15) is 0 Å². The summed E-state index contributed by atoms with van der Waals surface area (Å²) in [5.41, 5.74) is 1.32. The molecule has 0 saturated carbocycles. The van der Waals surface area contributed by atoms with Gasteiger partial charge in [0.1, 0.15) is 4.64 Å². The molecule has 1 aromatic carbocycles. The molecule has 0 amide bonds. The summed E-state index contributed by atoms with van der Waals surface area (Å²) in [5, 5.41) is 2.43. The van der Waals surface area contributed by atoms with Crippen molar-refractivity contribution in [1.82, 2.24) is 9.47 Å². The highest BCUT2D eigenvalue weighted by Crippen LogP contribution is 2.20. The number of pyridine rings is 1. The van der Waals surface area contributed by atoms with Crippen LogP contribution in [0.15, 0.2) is 30.5 Å². The summed E-state index contributed by atoms with van der Waals surface area (Å²) in [6.45, 7) is 0.934. The lowest BCUT2D eigenvalue weighted by Crippen LogP contribution is -2.12. The van der Waals surface area contributed by atoms with Gasteiger partial charge in [0.2, 0.25) is 0 Å². The van der Waals surface area contributed by atoms with Crippen molar-refractivity contribution in [3.05, 3.63) is 40.7 Å². The fourth-order valence-corrected chi connectivity index (χ4v) is 2.20. The number of fused-ring (bicyclic) bond motifs is 1. The van der Waals surface area contributed by atoms with Crippen LogP contribution in [0.3, 0.4) is 0 Å². The Balaban J connectivity index is 2.74. The molecule has 84 valence electrons. The lowest BCUT2D eigenvalue weighted by Gasteiger charge is -2.14. The summed E-state index contributed by atoms with van der Waals surface area (Å²) < 4.78 is 2.93. The molecule has 0 fully saturated rings. The summed E-state index contributed by atoms with van der Waals surface area (Å²) in [6, 6.07) is 8.34. The molecule has 1 aromatic heterocycles. The molecule has 0 N–H and O–H groups in total. The Hall–Kier alpha value is -1.19. The zero-order chi connectivity index (χ0) is 11.7. The van der Waals surface area contributed by atoms with E-state index in [0.29, 0.717) is 0 Å². The van der Waals surface area contributed by atoms with Crippen LogP contribution in [-0.4, -0.2) is 23.6 Å². The van der Waals surface area contributed by atoms with Gasteiger partial charge in [-0.25, -0.2) is 0 Å². The highest BCUT2D eigenvalue weighted by Gasteiger charge is 2.04. The van der Waals surface area contributed by atoms with Crippen LogP contribution < -0.4 is 0 Å². The van der Waals surface area contributed by atoms with Gasteiger partial charge >= 0.3 is 0 Å². The number of benzene rings is 1. The monoisotopic (exact) mass is 232 g/mol. The van der Waals surface area contributed by atoms with Crippen molar-refractivity contribution in [3.8, 4) is 0 Å². The first-order valence-electron chi connectivity index (χ1n) is 5.31. The van der Waals surface area contributed by atoms with Crippen LogP contribution in [0.5, 0.6) is 0 Å². The first-order chi connectivity index (χ1) is 7.59. The Labute approximate surface area is 101 Å². The van der Waals surface area contributed by atoms with Crippen molar-refractivity contribution in [2.45, 2.75) is 6.54 Å². The molecular formula is C13H16N2S. The molecule has 2 aromatic rings. The van der Waals surface area contributed by atoms with E-state index in [9.17, 15) is 0 Å². The number of aromatic nitrogens is 1. The van der Waals surface area contributed by atoms with E-state index in [2.05, 4.69) is 43.4 Å². The zero-order valence-corrected chi connectivity index (χ0v) is 10.7. The van der Waals surface area contributed by atoms with E-state index >= 15 is 0 Å². The maximum atomic E-state index is 5.42. The number of rotatable bonds is 2. The molecule has 0 unspecified atom stereocenters. The predicted octanol–water partition coefficient (Wildman–Crippen LogP) is 2.97. The van der Waals surface area contributed by atoms with E-state index < -0.39 is 0 Å². The number of aryl methyl sites for hydroxylation is 1. The molecule has 0 aliphatic rings. The van der Waals surface area contributed by atoms with Gasteiger partial charge in [-0.15, -0.1) is 0 Å². The Morgan fingerprint density at radius 2 is 1.81 bits per heavy atom. The van der Waals surface area contributed by atoms with Crippen molar-refractivity contribution >= 4 is 23.0 Å². The van der Waals surface area contributed by atoms with Crippen molar-refractivity contribution in [2.75, 3.05) is 14.1 Å². The van der Waals surface area contributed by atoms with Gasteiger partial charge in [-0.05, 0) is 25.0 Å². The van der Waals surface area contributed by atoms with Crippen molar-refractivity contribution in [3.63, 3.8) is 0 Å². The minimum Gasteiger partial charge on any atom is -0.341 e. The highest BCUT2D eigenvalue weighted by molar-refractivity contribution is 7.71. The second-order valence-electron chi connectivity index (χ2n) is 4.35. The molecule has 0 atom stereocenters. The molecule has 2 rings (SSSR count). The average molecular weight is 232 g/mol. The Kier molecular flexibility index (Phi) is 3.08. The first-order valence-corrected chi connectivity index (χ1v) is 5.72. The molecular weight excluding hydrogens is 216 g/mol. The molecule has 0 bridgehead atoms. The molecule has 0 aliphatic carbocycles. The fraction of sp³-hybridized carbons (Fsp3) is 0.308. The molecule has 1 heterocycles. The highest BCUT2D eigenvalue weighted by atomic mass is 32.1. The third-order valence-electron chi connectivity index (χ3n) is 2.66. The molecule has 0 spiro atoms. The zero-order valence-electron chi connectivity index (χ0n) is 9.90. The van der Waals surface area contributed by atoms with Crippen LogP contribution in [0.2, 0.25) is 0 Å². The molecule has 0 saturated heterocycles. The van der Waals surface area contributed by atoms with Crippen LogP contribution in [0.1, 0.15) is 5.56 Å². The van der Waals surface area contributed by atoms with Crippen LogP contribution in [0, 0.1) is 4.64 Å². The quantitative estimate of drug-likeness (QED) is 0.736. The Bertz CT molecular complexity index is 570. The topological polar surface area (TPSA) is 8.17 Å². The third kappa shape index (κ3) is 2.01. The van der Waals surface area contributed by atoms with E-state index in [1.807, 2.05) is 17.7 Å². The van der Waals surface area contributed by atoms with Gasteiger partial charge in [0.15, 0.2) is 0 Å². The van der Waals surface area contributed by atoms with Gasteiger partial charge in [0, 0.05) is 25.2 Å². The summed E-state index contributed by atoms with van der Waals surface area (Å²) in [4.78, 5) is 2.17. The van der Waals surface area contributed by atoms with E-state index in [0.717, 1.165) is 11.2 Å². The van der Waals surface area contributed by atoms with Crippen LogP contribution >= 0.6 is 12.2 Å². The van der Waals surface area contributed by atoms with Gasteiger partial charge in [0.25, 0.3) is 0 Å². The Morgan fingerprint density at radius 3 is 2.44 bits per heavy atom. The molecule has 0 radical (unpaired) electrons. The SMILES string of the molecule is CN(C)Cc1cn(C)c(=S)c2ccccc12. The van der Waals surface area contributed by atoms with E-state index in [4.69, 9.17) is 12.2 Å². The average Bonchev–Trinajstić information content (AvgIpc) is 2.25. The predicted molar refractivity (Wildman–Crippen MR) is 71.1 cm³/mol. The maximum absolute atomic E-state index is 5.42. The minimum absolute atomic E-state index is 0.901. The molecule has 2 nitrogen and oxygen atoms in total. The van der Waals surface area contributed by atoms with Gasteiger partial charge < -0.3 is 9.47 Å². The molecule has 16 heavy (non-hydrogen) atoms. The van der Waals surface area contributed by atoms with Crippen LogP contribution in [0.4, 0.5) is 0 Å². The van der Waals surface area contributed by atoms with Crippen LogP contribution in [-0.2, 0) is 13.6 Å². The van der Waals surface area contributed by atoms with Crippen molar-refractivity contribution < 1.29 is 0 Å². The van der Waals surface area contributed by atoms with Crippen molar-refractivity contribution in [1.29, 1.82) is 0 Å². The van der Waals surface area contributed by atoms with Crippen molar-refractivity contribution in [2.24, 2.45) is 7.05 Å². The minimum atomic E-state index is 0.901.